The molecule has 1 nitrogen and oxygen atoms in total. The number of hydrogen-bond acceptors (Lipinski definition) is 10. The second-order valence-corrected chi connectivity index (χ2v) is 25.2. The number of unbranched alkanes of at least 4 members (excludes halogenated alkanes) is 30. The van der Waals surface area contributed by atoms with E-state index in [1.807, 2.05) is 0 Å². The summed E-state index contributed by atoms with van der Waals surface area (Å²) in [5, 5.41) is 0. The third-order valence-corrected chi connectivity index (χ3v) is 17.3. The van der Waals surface area contributed by atoms with Crippen molar-refractivity contribution in [3.63, 3.8) is 0 Å². The van der Waals surface area contributed by atoms with Crippen LogP contribution < -0.4 is 0 Å². The summed E-state index contributed by atoms with van der Waals surface area (Å²) in [7, 11) is 4.94. The van der Waals surface area contributed by atoms with Gasteiger partial charge in [-0.25, -0.2) is 0 Å². The fourth-order valence-corrected chi connectivity index (χ4v) is 13.3. The smallest absolute Gasteiger partial charge is 0.429 e. The molecule has 0 aromatic carbocycles. The van der Waals surface area contributed by atoms with Gasteiger partial charge in [0.25, 0.3) is 0 Å². The van der Waals surface area contributed by atoms with Crippen molar-refractivity contribution in [3.8, 4) is 0 Å². The van der Waals surface area contributed by atoms with Gasteiger partial charge in [-0.05, 0) is 32.0 Å². The first-order valence-corrected chi connectivity index (χ1v) is 28.0. The fourth-order valence-electron chi connectivity index (χ4n) is 6.80. The maximum Gasteiger partial charge on any atom is 3.00 e. The van der Waals surface area contributed by atoms with Crippen molar-refractivity contribution in [3.05, 3.63) is 6.28 Å². The van der Waals surface area contributed by atoms with Gasteiger partial charge in [-0.3, -0.25) is 0 Å². The van der Waals surface area contributed by atoms with E-state index in [-0.39, 0.29) is 22.4 Å². The predicted molar refractivity (Wildman–Crippen MR) is 270 cm³/mol. The molecule has 12 heteroatoms. The molecule has 0 spiro atoms. The SMILES string of the molecule is CCCCCCCCCCCCCCCCCC[N+](C)(C)CCCCCCCCCCCCCCCCCC.S=c1sc([S-])c([S-])s1.S=c1sc([S-])c([S-])s1.[Au+3]. The van der Waals surface area contributed by atoms with Crippen molar-refractivity contribution in [2.45, 2.75) is 236 Å². The van der Waals surface area contributed by atoms with E-state index in [1.54, 1.807) is 0 Å². The Hall–Kier alpha value is 2.12. The van der Waals surface area contributed by atoms with E-state index in [2.05, 4.69) is 27.9 Å². The zero-order chi connectivity index (χ0) is 40.8. The summed E-state index contributed by atoms with van der Waals surface area (Å²) in [6.07, 6.45) is 46.9. The fraction of sp³-hybridized carbons (Fsp3) is 0.864. The molecule has 2 aromatic rings. The Morgan fingerprint density at radius 1 is 0.339 bits per heavy atom. The van der Waals surface area contributed by atoms with Crippen LogP contribution >= 0.6 is 69.8 Å². The Balaban J connectivity index is 0. The molecule has 0 amide bonds. The van der Waals surface area contributed by atoms with E-state index in [0.717, 1.165) is 23.1 Å². The molecule has 0 N–H and O–H groups in total. The van der Waals surface area contributed by atoms with Gasteiger partial charge >= 0.3 is 22.4 Å². The molecule has 56 heavy (non-hydrogen) atoms. The molecular weight excluding hydrogens is 1060 g/mol. The molecule has 2 heterocycles. The van der Waals surface area contributed by atoms with Gasteiger partial charge in [0, 0.05) is 0 Å². The van der Waals surface area contributed by atoms with Gasteiger partial charge in [-0.15, -0.1) is 41.3 Å². The maximum atomic E-state index is 4.83. The Labute approximate surface area is 412 Å². The van der Waals surface area contributed by atoms with Gasteiger partial charge in [0.1, 0.15) is 0 Å². The topological polar surface area (TPSA) is 0 Å². The average molecular weight is 1140 g/mol. The summed E-state index contributed by atoms with van der Waals surface area (Å²) in [4.78, 5) is 0. The standard InChI is InChI=1S/C38H80N.2C3H2S5.Au/c1-5-7-9-11-13-15-17-19-21-23-25-27-29-31-33-35-37-39(3,4)38-36-34-32-30-28-26-24-22-20-18-16-14-12-10-8-6-2;2*4-1-2(5)8-3(6)7-1;/h5-38H2,1-4H3;2*4-5H;/q+1;;;+3/p-4. The van der Waals surface area contributed by atoms with E-state index in [0.29, 0.717) is 0 Å². The van der Waals surface area contributed by atoms with E-state index in [9.17, 15) is 0 Å². The Morgan fingerprint density at radius 2 is 0.500 bits per heavy atom. The van der Waals surface area contributed by atoms with Gasteiger partial charge in [-0.2, -0.15) is 0 Å². The minimum Gasteiger partial charge on any atom is -0.429 e. The molecule has 0 aliphatic carbocycles. The van der Waals surface area contributed by atoms with Crippen LogP contribution in [0.3, 0.4) is 0 Å². The molecule has 0 saturated heterocycles. The first kappa shape index (κ1) is 60.2. The van der Waals surface area contributed by atoms with Crippen molar-refractivity contribution in [2.75, 3.05) is 27.2 Å². The Bertz CT molecular complexity index is 1070. The van der Waals surface area contributed by atoms with Crippen LogP contribution in [0.5, 0.6) is 0 Å². The van der Waals surface area contributed by atoms with Crippen molar-refractivity contribution in [2.24, 2.45) is 0 Å². The monoisotopic (exact) mass is 1140 g/mol. The van der Waals surface area contributed by atoms with Crippen LogP contribution in [-0.2, 0) is 72.9 Å². The van der Waals surface area contributed by atoms with Crippen molar-refractivity contribution >= 4 is 120 Å². The largest absolute Gasteiger partial charge is 3.00 e. The van der Waals surface area contributed by atoms with Crippen LogP contribution in [0, 0.1) is 6.28 Å². The summed E-state index contributed by atoms with van der Waals surface area (Å²) in [5.41, 5.74) is 0. The average Bonchev–Trinajstić information content (AvgIpc) is 3.61. The molecule has 0 saturated carbocycles. The summed E-state index contributed by atoms with van der Waals surface area (Å²) in [5.74, 6) is 0. The van der Waals surface area contributed by atoms with Crippen LogP contribution in [0.15, 0.2) is 16.8 Å². The number of quaternary nitrogens is 1. The van der Waals surface area contributed by atoms with E-state index < -0.39 is 0 Å². The number of rotatable bonds is 34. The van der Waals surface area contributed by atoms with Crippen LogP contribution in [0.2, 0.25) is 0 Å². The van der Waals surface area contributed by atoms with E-state index in [1.165, 1.54) is 268 Å². The van der Waals surface area contributed by atoms with Gasteiger partial charge in [0.2, 0.25) is 0 Å². The maximum absolute atomic E-state index is 4.83. The minimum absolute atomic E-state index is 0. The molecule has 0 atom stereocenters. The van der Waals surface area contributed by atoms with Crippen LogP contribution in [0.4, 0.5) is 0 Å². The predicted octanol–water partition coefficient (Wildman–Crippen LogP) is 18.3. The second-order valence-electron chi connectivity index (χ2n) is 16.0. The second kappa shape index (κ2) is 43.8. The van der Waals surface area contributed by atoms with Crippen molar-refractivity contribution in [1.82, 2.24) is 0 Å². The Kier molecular flexibility index (Phi) is 47.0. The molecule has 0 fully saturated rings. The molecule has 332 valence electrons. The summed E-state index contributed by atoms with van der Waals surface area (Å²) >= 11 is 34.6. The summed E-state index contributed by atoms with van der Waals surface area (Å²) in [6, 6.07) is 0. The molecule has 0 aliphatic rings. The van der Waals surface area contributed by atoms with Crippen LogP contribution in [0.1, 0.15) is 219 Å². The molecule has 0 bridgehead atoms. The minimum atomic E-state index is 0. The van der Waals surface area contributed by atoms with Gasteiger partial charge in [-0.1, -0.05) is 194 Å². The van der Waals surface area contributed by atoms with Crippen molar-refractivity contribution < 1.29 is 26.9 Å². The third kappa shape index (κ3) is 41.5. The first-order valence-electron chi connectivity index (χ1n) is 22.3. The van der Waals surface area contributed by atoms with Crippen LogP contribution in [0.25, 0.3) is 0 Å². The van der Waals surface area contributed by atoms with Gasteiger partial charge in [0.15, 0.2) is 0 Å². The normalized spacial score (nSPS) is 11.1. The summed E-state index contributed by atoms with van der Waals surface area (Å²) in [6.45, 7) is 7.39. The number of hydrogen-bond donors (Lipinski definition) is 0. The molecule has 2 aromatic heterocycles. The molecule has 0 radical (unpaired) electrons. The Morgan fingerprint density at radius 3 is 0.643 bits per heavy atom. The quantitative estimate of drug-likeness (QED) is 0.0224. The van der Waals surface area contributed by atoms with Gasteiger partial charge in [0.05, 0.1) is 27.2 Å². The summed E-state index contributed by atoms with van der Waals surface area (Å²) < 4.78 is 5.95. The number of nitrogens with zero attached hydrogens (tertiary/aromatic N) is 1. The zero-order valence-electron chi connectivity index (χ0n) is 35.9. The molecule has 2 rings (SSSR count). The molecular formula is C44H80AuNS10. The third-order valence-electron chi connectivity index (χ3n) is 10.3. The van der Waals surface area contributed by atoms with Gasteiger partial charge < -0.3 is 100 Å². The van der Waals surface area contributed by atoms with Crippen LogP contribution in [-0.4, -0.2) is 31.7 Å². The van der Waals surface area contributed by atoms with E-state index in [4.69, 9.17) is 75.0 Å². The van der Waals surface area contributed by atoms with E-state index >= 15 is 0 Å². The first-order chi connectivity index (χ1) is 26.5. The molecule has 0 unspecified atom stereocenters. The molecule has 0 aliphatic heterocycles. The zero-order valence-corrected chi connectivity index (χ0v) is 46.2. The van der Waals surface area contributed by atoms with Crippen molar-refractivity contribution in [1.29, 1.82) is 0 Å².